The van der Waals surface area contributed by atoms with Crippen molar-refractivity contribution < 1.29 is 9.90 Å². The average Bonchev–Trinajstić information content (AvgIpc) is 2.70. The summed E-state index contributed by atoms with van der Waals surface area (Å²) < 4.78 is 0.712. The molecular weight excluding hydrogens is 220 g/mol. The third-order valence-electron chi connectivity index (χ3n) is 2.35. The third-order valence-corrected chi connectivity index (χ3v) is 3.64. The molecule has 0 amide bonds. The van der Waals surface area contributed by atoms with E-state index in [1.54, 1.807) is 0 Å². The lowest BCUT2D eigenvalue weighted by Gasteiger charge is -1.99. The highest BCUT2D eigenvalue weighted by atomic mass is 35.5. The average molecular weight is 229 g/mol. The molecule has 2 rings (SSSR count). The minimum atomic E-state index is -0.790. The van der Waals surface area contributed by atoms with Crippen molar-refractivity contribution in [3.8, 4) is 0 Å². The minimum Gasteiger partial charge on any atom is -0.478 e. The van der Waals surface area contributed by atoms with Crippen LogP contribution in [0.3, 0.4) is 0 Å². The Bertz CT molecular complexity index is 406. The van der Waals surface area contributed by atoms with Crippen molar-refractivity contribution in [1.29, 1.82) is 0 Å². The molecule has 0 saturated heterocycles. The van der Waals surface area contributed by atoms with E-state index in [-0.39, 0.29) is 0 Å². The number of carbonyl (C=O) groups is 1. The van der Waals surface area contributed by atoms with E-state index in [4.69, 9.17) is 16.7 Å². The van der Waals surface area contributed by atoms with Crippen LogP contribution in [-0.4, -0.2) is 11.1 Å². The Balaban J connectivity index is 2.42. The van der Waals surface area contributed by atoms with Gasteiger partial charge in [-0.2, -0.15) is 0 Å². The highest BCUT2D eigenvalue weighted by molar-refractivity contribution is 7.17. The molecule has 0 aromatic carbocycles. The molecule has 1 N–H and O–H groups in total. The molecule has 0 spiro atoms. The monoisotopic (exact) mass is 228 g/mol. The summed E-state index contributed by atoms with van der Waals surface area (Å²) in [7, 11) is 0. The zero-order valence-electron chi connectivity index (χ0n) is 7.42. The quantitative estimate of drug-likeness (QED) is 0.842. The SMILES string of the molecule is O=C(O)C1=C(c2ccc(Cl)s2)CCC1. The van der Waals surface area contributed by atoms with Crippen LogP contribution >= 0.6 is 22.9 Å². The van der Waals surface area contributed by atoms with Crippen molar-refractivity contribution in [3.05, 3.63) is 26.9 Å². The summed E-state index contributed by atoms with van der Waals surface area (Å²) in [5.74, 6) is -0.790. The van der Waals surface area contributed by atoms with Gasteiger partial charge in [0.05, 0.1) is 4.34 Å². The first-order chi connectivity index (χ1) is 6.68. The van der Waals surface area contributed by atoms with E-state index in [1.807, 2.05) is 12.1 Å². The Morgan fingerprint density at radius 3 is 2.79 bits per heavy atom. The van der Waals surface area contributed by atoms with Crippen molar-refractivity contribution >= 4 is 34.5 Å². The maximum Gasteiger partial charge on any atom is 0.331 e. The molecule has 1 heterocycles. The summed E-state index contributed by atoms with van der Waals surface area (Å²) >= 11 is 7.27. The van der Waals surface area contributed by atoms with E-state index in [9.17, 15) is 4.79 Å². The van der Waals surface area contributed by atoms with Crippen LogP contribution in [0.5, 0.6) is 0 Å². The zero-order valence-corrected chi connectivity index (χ0v) is 8.99. The Morgan fingerprint density at radius 1 is 1.43 bits per heavy atom. The maximum atomic E-state index is 10.9. The van der Waals surface area contributed by atoms with Crippen LogP contribution < -0.4 is 0 Å². The van der Waals surface area contributed by atoms with Gasteiger partial charge in [-0.25, -0.2) is 4.79 Å². The number of allylic oxidation sites excluding steroid dienone is 1. The van der Waals surface area contributed by atoms with E-state index in [0.29, 0.717) is 16.3 Å². The van der Waals surface area contributed by atoms with Gasteiger partial charge in [0.25, 0.3) is 0 Å². The molecule has 0 aliphatic heterocycles. The topological polar surface area (TPSA) is 37.3 Å². The first-order valence-corrected chi connectivity index (χ1v) is 5.59. The Hall–Kier alpha value is -0.800. The van der Waals surface area contributed by atoms with Crippen LogP contribution in [0.15, 0.2) is 17.7 Å². The van der Waals surface area contributed by atoms with Crippen molar-refractivity contribution in [3.63, 3.8) is 0 Å². The molecule has 1 aromatic heterocycles. The molecule has 0 atom stereocenters. The summed E-state index contributed by atoms with van der Waals surface area (Å²) in [4.78, 5) is 11.9. The van der Waals surface area contributed by atoms with Crippen LogP contribution in [0, 0.1) is 0 Å². The van der Waals surface area contributed by atoms with Crippen LogP contribution in [0.2, 0.25) is 4.34 Å². The molecule has 1 aliphatic carbocycles. The van der Waals surface area contributed by atoms with Gasteiger partial charge in [-0.05, 0) is 37.0 Å². The predicted octanol–water partition coefficient (Wildman–Crippen LogP) is 3.42. The van der Waals surface area contributed by atoms with Crippen LogP contribution in [0.4, 0.5) is 0 Å². The van der Waals surface area contributed by atoms with Crippen molar-refractivity contribution in [1.82, 2.24) is 0 Å². The number of hydrogen-bond acceptors (Lipinski definition) is 2. The first-order valence-electron chi connectivity index (χ1n) is 4.39. The Labute approximate surface area is 90.8 Å². The third kappa shape index (κ3) is 1.70. The Morgan fingerprint density at radius 2 is 2.21 bits per heavy atom. The predicted molar refractivity (Wildman–Crippen MR) is 57.7 cm³/mol. The van der Waals surface area contributed by atoms with E-state index in [0.717, 1.165) is 23.3 Å². The lowest BCUT2D eigenvalue weighted by atomic mass is 10.1. The standard InChI is InChI=1S/C10H9ClO2S/c11-9-5-4-8(14-9)6-2-1-3-7(6)10(12)13/h4-5H,1-3H2,(H,12,13). The smallest absolute Gasteiger partial charge is 0.331 e. The fraction of sp³-hybridized carbons (Fsp3) is 0.300. The van der Waals surface area contributed by atoms with Crippen molar-refractivity contribution in [2.24, 2.45) is 0 Å². The number of thiophene rings is 1. The van der Waals surface area contributed by atoms with Crippen molar-refractivity contribution in [2.75, 3.05) is 0 Å². The number of carboxylic acids is 1. The number of halogens is 1. The number of hydrogen-bond donors (Lipinski definition) is 1. The first kappa shape index (κ1) is 9.74. The molecule has 14 heavy (non-hydrogen) atoms. The summed E-state index contributed by atoms with van der Waals surface area (Å²) in [5.41, 5.74) is 1.53. The lowest BCUT2D eigenvalue weighted by molar-refractivity contribution is -0.132. The molecule has 74 valence electrons. The zero-order chi connectivity index (χ0) is 10.1. The molecule has 0 fully saturated rings. The second-order valence-electron chi connectivity index (χ2n) is 3.22. The molecule has 2 nitrogen and oxygen atoms in total. The molecular formula is C10H9ClO2S. The van der Waals surface area contributed by atoms with E-state index in [2.05, 4.69) is 0 Å². The molecule has 0 bridgehead atoms. The maximum absolute atomic E-state index is 10.9. The minimum absolute atomic E-state index is 0.559. The normalized spacial score (nSPS) is 16.4. The van der Waals surface area contributed by atoms with E-state index < -0.39 is 5.97 Å². The van der Waals surface area contributed by atoms with Crippen molar-refractivity contribution in [2.45, 2.75) is 19.3 Å². The van der Waals surface area contributed by atoms with Gasteiger partial charge in [0.15, 0.2) is 0 Å². The fourth-order valence-electron chi connectivity index (χ4n) is 1.73. The van der Waals surface area contributed by atoms with Crippen LogP contribution in [-0.2, 0) is 4.79 Å². The summed E-state index contributed by atoms with van der Waals surface area (Å²) in [5, 5.41) is 8.97. The van der Waals surface area contributed by atoms with Gasteiger partial charge in [-0.3, -0.25) is 0 Å². The summed E-state index contributed by atoms with van der Waals surface area (Å²) in [6.07, 6.45) is 2.48. The molecule has 0 saturated carbocycles. The van der Waals surface area contributed by atoms with Gasteiger partial charge in [0.1, 0.15) is 0 Å². The van der Waals surface area contributed by atoms with Gasteiger partial charge in [0.2, 0.25) is 0 Å². The summed E-state index contributed by atoms with van der Waals surface area (Å²) in [6.45, 7) is 0. The number of carboxylic acid groups (broad SMARTS) is 1. The van der Waals surface area contributed by atoms with Gasteiger partial charge in [0, 0.05) is 10.5 Å². The highest BCUT2D eigenvalue weighted by Gasteiger charge is 2.22. The molecule has 0 unspecified atom stereocenters. The molecule has 1 aliphatic rings. The second kappa shape index (κ2) is 3.75. The number of aliphatic carboxylic acids is 1. The van der Waals surface area contributed by atoms with E-state index >= 15 is 0 Å². The largest absolute Gasteiger partial charge is 0.478 e. The second-order valence-corrected chi connectivity index (χ2v) is 4.93. The van der Waals surface area contributed by atoms with Gasteiger partial charge in [-0.15, -0.1) is 11.3 Å². The molecule has 4 heteroatoms. The highest BCUT2D eigenvalue weighted by Crippen LogP contribution is 2.38. The fourth-order valence-corrected chi connectivity index (χ4v) is 2.87. The Kier molecular flexibility index (Phi) is 2.61. The van der Waals surface area contributed by atoms with Gasteiger partial charge >= 0.3 is 5.97 Å². The lowest BCUT2D eigenvalue weighted by Crippen LogP contribution is -1.98. The van der Waals surface area contributed by atoms with Gasteiger partial charge < -0.3 is 5.11 Å². The molecule has 1 aromatic rings. The summed E-state index contributed by atoms with van der Waals surface area (Å²) in [6, 6.07) is 3.71. The van der Waals surface area contributed by atoms with E-state index in [1.165, 1.54) is 11.3 Å². The van der Waals surface area contributed by atoms with Crippen LogP contribution in [0.25, 0.3) is 5.57 Å². The van der Waals surface area contributed by atoms with Crippen LogP contribution in [0.1, 0.15) is 24.1 Å². The number of rotatable bonds is 2. The van der Waals surface area contributed by atoms with Gasteiger partial charge in [-0.1, -0.05) is 11.6 Å². The molecule has 0 radical (unpaired) electrons.